The number of nitrogens with one attached hydrogen (secondary N) is 1. The molecule has 22 heavy (non-hydrogen) atoms. The number of fused-ring (bicyclic) bond motifs is 1. The van der Waals surface area contributed by atoms with Crippen molar-refractivity contribution in [2.24, 2.45) is 0 Å². The molecule has 2 heterocycles. The van der Waals surface area contributed by atoms with Gasteiger partial charge < -0.3 is 10.4 Å². The van der Waals surface area contributed by atoms with Gasteiger partial charge in [0, 0.05) is 30.5 Å². The van der Waals surface area contributed by atoms with Gasteiger partial charge in [-0.15, -0.1) is 0 Å². The van der Waals surface area contributed by atoms with Crippen molar-refractivity contribution in [1.82, 2.24) is 24.8 Å². The molecule has 2 rings (SSSR count). The normalized spacial score (nSPS) is 12.8. The minimum atomic E-state index is -0.301. The summed E-state index contributed by atoms with van der Waals surface area (Å²) in [5.74, 6) is -0.277. The minimum absolute atomic E-state index is 0.105. The zero-order valence-corrected chi connectivity index (χ0v) is 13.3. The molecule has 7 nitrogen and oxygen atoms in total. The first-order valence-electron chi connectivity index (χ1n) is 7.55. The van der Waals surface area contributed by atoms with Crippen molar-refractivity contribution in [2.45, 2.75) is 33.4 Å². The quantitative estimate of drug-likeness (QED) is 0.786. The lowest BCUT2D eigenvalue weighted by atomic mass is 10.2. The molecule has 1 atom stereocenters. The fourth-order valence-electron chi connectivity index (χ4n) is 2.21. The summed E-state index contributed by atoms with van der Waals surface area (Å²) >= 11 is 0. The van der Waals surface area contributed by atoms with Crippen molar-refractivity contribution in [3.8, 4) is 0 Å². The smallest absolute Gasteiger partial charge is 0.257 e. The topological polar surface area (TPSA) is 82.8 Å². The summed E-state index contributed by atoms with van der Waals surface area (Å²) in [4.78, 5) is 18.8. The summed E-state index contributed by atoms with van der Waals surface area (Å²) in [6, 6.07) is -0.301. The van der Waals surface area contributed by atoms with Gasteiger partial charge in [0.15, 0.2) is 5.65 Å². The summed E-state index contributed by atoms with van der Waals surface area (Å²) < 4.78 is 1.62. The monoisotopic (exact) mass is 305 g/mol. The van der Waals surface area contributed by atoms with Gasteiger partial charge in [0.1, 0.15) is 5.56 Å². The Bertz CT molecular complexity index is 636. The highest BCUT2D eigenvalue weighted by atomic mass is 16.3. The van der Waals surface area contributed by atoms with E-state index in [0.29, 0.717) is 11.2 Å². The average Bonchev–Trinajstić information content (AvgIpc) is 2.95. The fraction of sp³-hybridized carbons (Fsp3) is 0.533. The largest absolute Gasteiger partial charge is 0.394 e. The van der Waals surface area contributed by atoms with Gasteiger partial charge in [-0.25, -0.2) is 9.50 Å². The molecule has 2 aromatic heterocycles. The van der Waals surface area contributed by atoms with Crippen molar-refractivity contribution in [3.63, 3.8) is 0 Å². The van der Waals surface area contributed by atoms with Gasteiger partial charge in [0.25, 0.3) is 5.91 Å². The van der Waals surface area contributed by atoms with E-state index in [4.69, 9.17) is 5.11 Å². The highest BCUT2D eigenvalue weighted by molar-refractivity contribution is 5.99. The van der Waals surface area contributed by atoms with Gasteiger partial charge in [-0.05, 0) is 20.0 Å². The zero-order valence-electron chi connectivity index (χ0n) is 13.3. The second kappa shape index (κ2) is 7.33. The maximum Gasteiger partial charge on any atom is 0.257 e. The van der Waals surface area contributed by atoms with Crippen LogP contribution in [0.4, 0.5) is 0 Å². The summed E-state index contributed by atoms with van der Waals surface area (Å²) in [5.41, 5.74) is 1.98. The number of hydrogen-bond acceptors (Lipinski definition) is 5. The first kappa shape index (κ1) is 16.4. The molecular formula is C15H23N5O2. The van der Waals surface area contributed by atoms with Crippen molar-refractivity contribution in [1.29, 1.82) is 0 Å². The number of hydrogen-bond donors (Lipinski definition) is 2. The maximum absolute atomic E-state index is 12.1. The molecule has 2 N–H and O–H groups in total. The second-order valence-electron chi connectivity index (χ2n) is 5.31. The number of carbonyl (C=O) groups is 1. The number of aliphatic hydroxyl groups is 1. The Hall–Kier alpha value is -1.99. The average molecular weight is 305 g/mol. The molecule has 0 saturated carbocycles. The molecule has 0 aromatic carbocycles. The van der Waals surface area contributed by atoms with Crippen LogP contribution in [-0.2, 0) is 6.54 Å². The molecule has 0 aliphatic rings. The fourth-order valence-corrected chi connectivity index (χ4v) is 2.21. The molecule has 7 heteroatoms. The van der Waals surface area contributed by atoms with Gasteiger partial charge >= 0.3 is 0 Å². The molecular weight excluding hydrogens is 282 g/mol. The maximum atomic E-state index is 12.1. The van der Waals surface area contributed by atoms with Crippen molar-refractivity contribution < 1.29 is 9.90 Å². The predicted octanol–water partition coefficient (Wildman–Crippen LogP) is 0.682. The molecule has 0 aliphatic carbocycles. The van der Waals surface area contributed by atoms with Crippen LogP contribution in [-0.4, -0.2) is 56.2 Å². The first-order chi connectivity index (χ1) is 10.6. The lowest BCUT2D eigenvalue weighted by Gasteiger charge is -2.17. The summed E-state index contributed by atoms with van der Waals surface area (Å²) in [6.07, 6.45) is 5.18. The molecule has 2 aromatic rings. The zero-order chi connectivity index (χ0) is 16.1. The van der Waals surface area contributed by atoms with Crippen LogP contribution >= 0.6 is 0 Å². The first-order valence-corrected chi connectivity index (χ1v) is 7.55. The number of aliphatic hydroxyl groups excluding tert-OH is 1. The summed E-state index contributed by atoms with van der Waals surface area (Å²) in [5, 5.41) is 15.9. The third kappa shape index (κ3) is 3.61. The third-order valence-corrected chi connectivity index (χ3v) is 3.61. The molecule has 0 bridgehead atoms. The summed E-state index contributed by atoms with van der Waals surface area (Å²) in [7, 11) is 0. The lowest BCUT2D eigenvalue weighted by Crippen LogP contribution is -2.35. The summed E-state index contributed by atoms with van der Waals surface area (Å²) in [6.45, 7) is 8.62. The van der Waals surface area contributed by atoms with Crippen molar-refractivity contribution >= 4 is 11.6 Å². The van der Waals surface area contributed by atoms with Crippen molar-refractivity contribution in [3.05, 3.63) is 29.7 Å². The molecule has 0 aliphatic heterocycles. The van der Waals surface area contributed by atoms with Crippen LogP contribution in [0.5, 0.6) is 0 Å². The minimum Gasteiger partial charge on any atom is -0.394 e. The second-order valence-corrected chi connectivity index (χ2v) is 5.31. The molecule has 1 unspecified atom stereocenters. The lowest BCUT2D eigenvalue weighted by molar-refractivity contribution is 0.0924. The molecule has 1 amide bonds. The van der Waals surface area contributed by atoms with Crippen LogP contribution in [0.3, 0.4) is 0 Å². The number of nitrogens with zero attached hydrogens (tertiary/aromatic N) is 4. The van der Waals surface area contributed by atoms with Gasteiger partial charge in [0.05, 0.1) is 12.8 Å². The molecule has 0 spiro atoms. The Kier molecular flexibility index (Phi) is 5.46. The van der Waals surface area contributed by atoms with Gasteiger partial charge in [-0.3, -0.25) is 9.69 Å². The van der Waals surface area contributed by atoms with Gasteiger partial charge in [0.2, 0.25) is 0 Å². The number of amides is 1. The number of carbonyl (C=O) groups excluding carboxylic acids is 1. The Morgan fingerprint density at radius 1 is 1.41 bits per heavy atom. The van der Waals surface area contributed by atoms with Crippen LogP contribution in [0.1, 0.15) is 36.7 Å². The highest BCUT2D eigenvalue weighted by Crippen LogP contribution is 2.10. The van der Waals surface area contributed by atoms with Crippen LogP contribution in [0.2, 0.25) is 0 Å². The predicted molar refractivity (Wildman–Crippen MR) is 83.6 cm³/mol. The van der Waals surface area contributed by atoms with Gasteiger partial charge in [-0.1, -0.05) is 13.8 Å². The Morgan fingerprint density at radius 2 is 2.14 bits per heavy atom. The van der Waals surface area contributed by atoms with E-state index >= 15 is 0 Å². The number of rotatable bonds is 7. The highest BCUT2D eigenvalue weighted by Gasteiger charge is 2.16. The number of aromatic nitrogens is 3. The van der Waals surface area contributed by atoms with E-state index in [9.17, 15) is 4.79 Å². The van der Waals surface area contributed by atoms with Crippen LogP contribution in [0.15, 0.2) is 18.6 Å². The molecule has 120 valence electrons. The van der Waals surface area contributed by atoms with Crippen LogP contribution in [0, 0.1) is 0 Å². The SMILES string of the molecule is CCN(CC)Cc1cnc2c(C(=O)NC(C)CO)cnn2c1. The van der Waals surface area contributed by atoms with Crippen LogP contribution < -0.4 is 5.32 Å². The standard InChI is InChI=1S/C15H23N5O2/c1-4-19(5-2)8-12-6-16-14-13(7-17-20(14)9-12)15(22)18-11(3)10-21/h6-7,9,11,21H,4-5,8,10H2,1-3H3,(H,18,22). The molecule has 0 fully saturated rings. The Balaban J connectivity index is 2.21. The van der Waals surface area contributed by atoms with E-state index in [-0.39, 0.29) is 18.6 Å². The van der Waals surface area contributed by atoms with E-state index in [1.54, 1.807) is 17.6 Å². The molecule has 0 radical (unpaired) electrons. The Labute approximate surface area is 130 Å². The van der Waals surface area contributed by atoms with Gasteiger partial charge in [-0.2, -0.15) is 5.10 Å². The van der Waals surface area contributed by atoms with E-state index in [0.717, 1.165) is 25.2 Å². The van der Waals surface area contributed by atoms with E-state index < -0.39 is 0 Å². The molecule has 0 saturated heterocycles. The van der Waals surface area contributed by atoms with Crippen molar-refractivity contribution in [2.75, 3.05) is 19.7 Å². The Morgan fingerprint density at radius 3 is 2.77 bits per heavy atom. The third-order valence-electron chi connectivity index (χ3n) is 3.61. The van der Waals surface area contributed by atoms with E-state index in [1.807, 2.05) is 6.20 Å². The van der Waals surface area contributed by atoms with Crippen LogP contribution in [0.25, 0.3) is 5.65 Å². The van der Waals surface area contributed by atoms with E-state index in [1.165, 1.54) is 6.20 Å². The van der Waals surface area contributed by atoms with E-state index in [2.05, 4.69) is 34.1 Å².